The third-order valence-electron chi connectivity index (χ3n) is 3.57. The maximum atomic E-state index is 6.20. The molecule has 3 rings (SSSR count). The molecule has 0 bridgehead atoms. The van der Waals surface area contributed by atoms with Crippen LogP contribution in [0.5, 0.6) is 0 Å². The predicted molar refractivity (Wildman–Crippen MR) is 52.9 cm³/mol. The molecule has 1 fully saturated rings. The predicted octanol–water partition coefficient (Wildman–Crippen LogP) is 2.13. The number of rotatable bonds is 1. The Hall–Kier alpha value is -0.830. The largest absolute Gasteiger partial charge is 0.361 e. The molecule has 1 aromatic heterocycles. The summed E-state index contributed by atoms with van der Waals surface area (Å²) in [7, 11) is 0. The first-order valence-electron chi connectivity index (χ1n) is 5.51. The van der Waals surface area contributed by atoms with Crippen LogP contribution in [0.2, 0.25) is 0 Å². The van der Waals surface area contributed by atoms with Gasteiger partial charge in [0, 0.05) is 23.9 Å². The van der Waals surface area contributed by atoms with E-state index in [-0.39, 0.29) is 6.04 Å². The molecule has 0 spiro atoms. The van der Waals surface area contributed by atoms with Crippen LogP contribution in [0.3, 0.4) is 0 Å². The summed E-state index contributed by atoms with van der Waals surface area (Å²) >= 11 is 0. The summed E-state index contributed by atoms with van der Waals surface area (Å²) in [5.41, 5.74) is 8.61. The molecule has 2 atom stereocenters. The monoisotopic (exact) mass is 192 g/mol. The average Bonchev–Trinajstić information content (AvgIpc) is 2.93. The van der Waals surface area contributed by atoms with Gasteiger partial charge in [0.25, 0.3) is 0 Å². The molecule has 1 aromatic rings. The minimum Gasteiger partial charge on any atom is -0.361 e. The fourth-order valence-corrected chi connectivity index (χ4v) is 2.36. The number of nitrogens with two attached hydrogens (primary N) is 1. The molecule has 0 saturated heterocycles. The molecule has 1 saturated carbocycles. The Kier molecular flexibility index (Phi) is 1.71. The maximum absolute atomic E-state index is 6.20. The van der Waals surface area contributed by atoms with Gasteiger partial charge < -0.3 is 10.3 Å². The van der Waals surface area contributed by atoms with Gasteiger partial charge in [-0.15, -0.1) is 0 Å². The van der Waals surface area contributed by atoms with Crippen molar-refractivity contribution >= 4 is 0 Å². The highest BCUT2D eigenvalue weighted by Crippen LogP contribution is 2.45. The molecular formula is C11H16N2O. The zero-order valence-corrected chi connectivity index (χ0v) is 8.49. The fraction of sp³-hybridized carbons (Fsp3) is 0.727. The van der Waals surface area contributed by atoms with Gasteiger partial charge in [-0.1, -0.05) is 12.1 Å². The number of hydrogen-bond donors (Lipinski definition) is 1. The van der Waals surface area contributed by atoms with E-state index in [2.05, 4.69) is 12.1 Å². The van der Waals surface area contributed by atoms with E-state index in [1.54, 1.807) is 0 Å². The second kappa shape index (κ2) is 2.83. The summed E-state index contributed by atoms with van der Waals surface area (Å²) < 4.78 is 5.38. The lowest BCUT2D eigenvalue weighted by Crippen LogP contribution is -2.25. The molecule has 14 heavy (non-hydrogen) atoms. The van der Waals surface area contributed by atoms with Gasteiger partial charge >= 0.3 is 0 Å². The lowest BCUT2D eigenvalue weighted by molar-refractivity contribution is 0.333. The van der Waals surface area contributed by atoms with Crippen LogP contribution in [0.1, 0.15) is 55.2 Å². The third kappa shape index (κ3) is 1.12. The molecule has 3 nitrogen and oxygen atoms in total. The first-order valence-corrected chi connectivity index (χ1v) is 5.51. The van der Waals surface area contributed by atoms with Crippen LogP contribution in [-0.2, 0) is 6.42 Å². The first-order chi connectivity index (χ1) is 6.77. The number of fused-ring (bicyclic) bond motifs is 1. The van der Waals surface area contributed by atoms with E-state index in [1.165, 1.54) is 24.1 Å². The molecular weight excluding hydrogens is 176 g/mol. The quantitative estimate of drug-likeness (QED) is 0.741. The van der Waals surface area contributed by atoms with E-state index in [4.69, 9.17) is 10.3 Å². The number of nitrogens with zero attached hydrogens (tertiary/aromatic N) is 1. The lowest BCUT2D eigenvalue weighted by Gasteiger charge is -2.24. The van der Waals surface area contributed by atoms with E-state index in [9.17, 15) is 0 Å². The highest BCUT2D eigenvalue weighted by Gasteiger charge is 2.36. The zero-order valence-electron chi connectivity index (χ0n) is 8.49. The van der Waals surface area contributed by atoms with Gasteiger partial charge in [0.2, 0.25) is 0 Å². The van der Waals surface area contributed by atoms with Gasteiger partial charge in [-0.2, -0.15) is 0 Å². The highest BCUT2D eigenvalue weighted by molar-refractivity contribution is 5.34. The van der Waals surface area contributed by atoms with Crippen LogP contribution in [0.15, 0.2) is 4.52 Å². The van der Waals surface area contributed by atoms with Crippen molar-refractivity contribution in [3.63, 3.8) is 0 Å². The minimum absolute atomic E-state index is 0.153. The highest BCUT2D eigenvalue weighted by atomic mass is 16.5. The Balaban J connectivity index is 2.05. The Morgan fingerprint density at radius 3 is 2.86 bits per heavy atom. The summed E-state index contributed by atoms with van der Waals surface area (Å²) in [5.74, 6) is 2.27. The van der Waals surface area contributed by atoms with Crippen molar-refractivity contribution in [2.75, 3.05) is 0 Å². The molecule has 2 aliphatic rings. The summed E-state index contributed by atoms with van der Waals surface area (Å²) in [5, 5.41) is 4.19. The number of hydrogen-bond acceptors (Lipinski definition) is 3. The lowest BCUT2D eigenvalue weighted by atomic mass is 9.83. The van der Waals surface area contributed by atoms with Crippen LogP contribution >= 0.6 is 0 Å². The van der Waals surface area contributed by atoms with Gasteiger partial charge in [-0.05, 0) is 25.2 Å². The molecule has 2 unspecified atom stereocenters. The van der Waals surface area contributed by atoms with Gasteiger partial charge in [0.15, 0.2) is 0 Å². The van der Waals surface area contributed by atoms with E-state index in [0.29, 0.717) is 11.8 Å². The zero-order chi connectivity index (χ0) is 9.71. The molecule has 76 valence electrons. The second-order valence-corrected chi connectivity index (χ2v) is 4.72. The van der Waals surface area contributed by atoms with Crippen LogP contribution in [-0.4, -0.2) is 5.16 Å². The van der Waals surface area contributed by atoms with Crippen LogP contribution in [0.4, 0.5) is 0 Å². The van der Waals surface area contributed by atoms with Gasteiger partial charge in [-0.25, -0.2) is 0 Å². The second-order valence-electron chi connectivity index (χ2n) is 4.72. The van der Waals surface area contributed by atoms with E-state index in [0.717, 1.165) is 18.6 Å². The average molecular weight is 192 g/mol. The molecule has 2 N–H and O–H groups in total. The molecule has 0 amide bonds. The van der Waals surface area contributed by atoms with Crippen LogP contribution in [0.25, 0.3) is 0 Å². The van der Waals surface area contributed by atoms with Crippen molar-refractivity contribution in [3.8, 4) is 0 Å². The topological polar surface area (TPSA) is 52.0 Å². The molecule has 0 aromatic carbocycles. The summed E-state index contributed by atoms with van der Waals surface area (Å²) in [6.07, 6.45) is 4.68. The summed E-state index contributed by atoms with van der Waals surface area (Å²) in [6, 6.07) is 0.153. The first kappa shape index (κ1) is 8.48. The maximum Gasteiger partial charge on any atom is 0.141 e. The van der Waals surface area contributed by atoms with E-state index >= 15 is 0 Å². The van der Waals surface area contributed by atoms with Crippen LogP contribution < -0.4 is 5.73 Å². The summed E-state index contributed by atoms with van der Waals surface area (Å²) in [4.78, 5) is 0. The standard InChI is InChI=1S/C11H16N2O/c1-6-2-5-8-9(10(6)12)11(13-14-8)7-3-4-7/h6-7,10H,2-5,12H2,1H3. The van der Waals surface area contributed by atoms with Crippen LogP contribution in [0, 0.1) is 5.92 Å². The third-order valence-corrected chi connectivity index (χ3v) is 3.57. The van der Waals surface area contributed by atoms with Crippen molar-refractivity contribution in [2.45, 2.75) is 44.6 Å². The molecule has 0 aliphatic heterocycles. The van der Waals surface area contributed by atoms with Gasteiger partial charge in [-0.3, -0.25) is 0 Å². The molecule has 3 heteroatoms. The number of aromatic nitrogens is 1. The molecule has 0 radical (unpaired) electrons. The van der Waals surface area contributed by atoms with Crippen molar-refractivity contribution < 1.29 is 4.52 Å². The van der Waals surface area contributed by atoms with Crippen molar-refractivity contribution in [2.24, 2.45) is 11.7 Å². The normalized spacial score (nSPS) is 31.6. The van der Waals surface area contributed by atoms with Crippen molar-refractivity contribution in [1.29, 1.82) is 0 Å². The fourth-order valence-electron chi connectivity index (χ4n) is 2.36. The number of aryl methyl sites for hydroxylation is 1. The van der Waals surface area contributed by atoms with Gasteiger partial charge in [0.05, 0.1) is 5.69 Å². The van der Waals surface area contributed by atoms with Crippen molar-refractivity contribution in [1.82, 2.24) is 5.16 Å². The SMILES string of the molecule is CC1CCc2onc(C3CC3)c2C1N. The molecule has 2 aliphatic carbocycles. The van der Waals surface area contributed by atoms with E-state index in [1.807, 2.05) is 0 Å². The minimum atomic E-state index is 0.153. The smallest absolute Gasteiger partial charge is 0.141 e. The Labute approximate surface area is 83.6 Å². The molecule has 1 heterocycles. The van der Waals surface area contributed by atoms with Gasteiger partial charge in [0.1, 0.15) is 5.76 Å². The summed E-state index contributed by atoms with van der Waals surface area (Å²) in [6.45, 7) is 2.22. The van der Waals surface area contributed by atoms with E-state index < -0.39 is 0 Å². The Morgan fingerprint density at radius 2 is 2.14 bits per heavy atom. The Bertz CT molecular complexity index is 354. The Morgan fingerprint density at radius 1 is 1.36 bits per heavy atom. The van der Waals surface area contributed by atoms with Crippen molar-refractivity contribution in [3.05, 3.63) is 17.0 Å².